The Bertz CT molecular complexity index is 1250. The fourth-order valence-electron chi connectivity index (χ4n) is 4.67. The van der Waals surface area contributed by atoms with E-state index in [4.69, 9.17) is 0 Å². The topological polar surface area (TPSA) is 0 Å². The number of rotatable bonds is 10. The lowest BCUT2D eigenvalue weighted by Crippen LogP contribution is -2.00. The van der Waals surface area contributed by atoms with Crippen LogP contribution in [0.15, 0.2) is 103 Å². The first-order chi connectivity index (χ1) is 17.5. The maximum atomic E-state index is 14.4. The highest BCUT2D eigenvalue weighted by atomic mass is 19.1. The van der Waals surface area contributed by atoms with Gasteiger partial charge < -0.3 is 0 Å². The minimum Gasteiger partial charge on any atom is -0.207 e. The molecule has 0 radical (unpaired) electrons. The summed E-state index contributed by atoms with van der Waals surface area (Å²) in [5, 5.41) is 0. The summed E-state index contributed by atoms with van der Waals surface area (Å²) >= 11 is 0. The quantitative estimate of drug-likeness (QED) is 0.198. The van der Waals surface area contributed by atoms with E-state index in [1.807, 2.05) is 19.1 Å². The molecule has 4 aromatic carbocycles. The second-order valence-corrected chi connectivity index (χ2v) is 9.56. The highest BCUT2D eigenvalue weighted by molar-refractivity contribution is 5.64. The first-order valence-electron chi connectivity index (χ1n) is 12.8. The van der Waals surface area contributed by atoms with E-state index >= 15 is 0 Å². The Labute approximate surface area is 214 Å². The summed E-state index contributed by atoms with van der Waals surface area (Å²) in [6.07, 6.45) is 7.23. The minimum atomic E-state index is -0.438. The van der Waals surface area contributed by atoms with Crippen LogP contribution >= 0.6 is 0 Å². The molecule has 0 aliphatic rings. The van der Waals surface area contributed by atoms with Crippen molar-refractivity contribution in [2.45, 2.75) is 51.9 Å². The van der Waals surface area contributed by atoms with Gasteiger partial charge in [-0.1, -0.05) is 97.9 Å². The zero-order valence-electron chi connectivity index (χ0n) is 21.2. The van der Waals surface area contributed by atoms with Crippen LogP contribution in [0, 0.1) is 11.6 Å². The van der Waals surface area contributed by atoms with E-state index < -0.39 is 11.6 Å². The molecule has 0 aromatic heterocycles. The fraction of sp³-hybridized carbons (Fsp3) is 0.235. The van der Waals surface area contributed by atoms with Crippen molar-refractivity contribution in [2.24, 2.45) is 0 Å². The van der Waals surface area contributed by atoms with E-state index in [0.29, 0.717) is 30.7 Å². The summed E-state index contributed by atoms with van der Waals surface area (Å²) in [7, 11) is 0. The molecule has 36 heavy (non-hydrogen) atoms. The van der Waals surface area contributed by atoms with Crippen molar-refractivity contribution in [3.8, 4) is 11.1 Å². The van der Waals surface area contributed by atoms with Crippen LogP contribution in [-0.4, -0.2) is 0 Å². The average Bonchev–Trinajstić information content (AvgIpc) is 2.90. The number of hydrogen-bond acceptors (Lipinski definition) is 0. The van der Waals surface area contributed by atoms with Gasteiger partial charge in [-0.15, -0.1) is 0 Å². The van der Waals surface area contributed by atoms with Crippen LogP contribution < -0.4 is 0 Å². The van der Waals surface area contributed by atoms with Crippen molar-refractivity contribution < 1.29 is 8.78 Å². The van der Waals surface area contributed by atoms with Gasteiger partial charge in [0.15, 0.2) is 0 Å². The lowest BCUT2D eigenvalue weighted by Gasteiger charge is -2.12. The molecule has 0 bridgehead atoms. The third-order valence-corrected chi connectivity index (χ3v) is 6.85. The second kappa shape index (κ2) is 12.4. The van der Waals surface area contributed by atoms with Gasteiger partial charge in [-0.05, 0) is 90.5 Å². The third kappa shape index (κ3) is 6.79. The summed E-state index contributed by atoms with van der Waals surface area (Å²) < 4.78 is 28.9. The highest BCUT2D eigenvalue weighted by Crippen LogP contribution is 2.25. The zero-order valence-corrected chi connectivity index (χ0v) is 21.2. The van der Waals surface area contributed by atoms with E-state index in [2.05, 4.69) is 85.8 Å². The number of benzene rings is 4. The Morgan fingerprint density at radius 1 is 0.667 bits per heavy atom. The molecule has 0 saturated heterocycles. The van der Waals surface area contributed by atoms with Gasteiger partial charge in [0, 0.05) is 5.56 Å². The Hall–Kier alpha value is -3.52. The Balaban J connectivity index is 1.34. The molecule has 0 saturated carbocycles. The fourth-order valence-corrected chi connectivity index (χ4v) is 4.67. The van der Waals surface area contributed by atoms with Crippen molar-refractivity contribution in [1.29, 1.82) is 0 Å². The summed E-state index contributed by atoms with van der Waals surface area (Å²) in [6, 6.07) is 30.9. The first-order valence-corrected chi connectivity index (χ1v) is 12.8. The van der Waals surface area contributed by atoms with Crippen molar-refractivity contribution in [3.63, 3.8) is 0 Å². The standard InChI is InChI=1S/C34H34F2/c1-3-4-6-11-32-33(35)23-28(24-34(32)36)13-12-26-14-18-30(19-15-26)31-20-16-27(17-21-31)22-25(2)29-9-7-5-8-10-29/h3-5,7-10,14-21,23-25H,6,11-13,22H2,1-2H3/b4-3+/t25-/m1/s1. The molecular weight excluding hydrogens is 446 g/mol. The van der Waals surface area contributed by atoms with E-state index in [0.717, 1.165) is 18.4 Å². The molecule has 0 heterocycles. The SMILES string of the molecule is C/C=C/CCc1c(F)cc(CCc2ccc(-c3ccc(C[C@@H](C)c4ccccc4)cc3)cc2)cc1F. The molecule has 0 amide bonds. The van der Waals surface area contributed by atoms with Crippen molar-refractivity contribution in [1.82, 2.24) is 0 Å². The molecule has 0 aliphatic heterocycles. The largest absolute Gasteiger partial charge is 0.207 e. The average molecular weight is 481 g/mol. The molecule has 1 atom stereocenters. The lowest BCUT2D eigenvalue weighted by molar-refractivity contribution is 0.552. The minimum absolute atomic E-state index is 0.182. The van der Waals surface area contributed by atoms with Gasteiger partial charge in [-0.3, -0.25) is 0 Å². The molecule has 4 aromatic rings. The van der Waals surface area contributed by atoms with E-state index in [-0.39, 0.29) is 5.56 Å². The predicted molar refractivity (Wildman–Crippen MR) is 147 cm³/mol. The third-order valence-electron chi connectivity index (χ3n) is 6.85. The van der Waals surface area contributed by atoms with Crippen molar-refractivity contribution in [2.75, 3.05) is 0 Å². The molecule has 0 spiro atoms. The number of allylic oxidation sites excluding steroid dienone is 2. The van der Waals surface area contributed by atoms with Crippen molar-refractivity contribution >= 4 is 0 Å². The van der Waals surface area contributed by atoms with Gasteiger partial charge in [-0.25, -0.2) is 8.78 Å². The van der Waals surface area contributed by atoms with Gasteiger partial charge in [0.1, 0.15) is 11.6 Å². The molecule has 0 unspecified atom stereocenters. The van der Waals surface area contributed by atoms with Crippen LogP contribution in [-0.2, 0) is 25.7 Å². The number of aryl methyl sites for hydroxylation is 2. The molecule has 184 valence electrons. The van der Waals surface area contributed by atoms with Gasteiger partial charge in [-0.2, -0.15) is 0 Å². The maximum absolute atomic E-state index is 14.4. The van der Waals surface area contributed by atoms with E-state index in [1.165, 1.54) is 34.4 Å². The number of halogens is 2. The van der Waals surface area contributed by atoms with Crippen LogP contribution in [0.4, 0.5) is 8.78 Å². The van der Waals surface area contributed by atoms with Gasteiger partial charge in [0.25, 0.3) is 0 Å². The first kappa shape index (κ1) is 25.6. The summed E-state index contributed by atoms with van der Waals surface area (Å²) in [5.74, 6) is -0.398. The Morgan fingerprint density at radius 3 is 1.81 bits per heavy atom. The number of hydrogen-bond donors (Lipinski definition) is 0. The van der Waals surface area contributed by atoms with Gasteiger partial charge in [0.2, 0.25) is 0 Å². The molecule has 0 aliphatic carbocycles. The van der Waals surface area contributed by atoms with Crippen molar-refractivity contribution in [3.05, 3.63) is 143 Å². The lowest BCUT2D eigenvalue weighted by atomic mass is 9.92. The molecule has 0 N–H and O–H groups in total. The van der Waals surface area contributed by atoms with Gasteiger partial charge >= 0.3 is 0 Å². The monoisotopic (exact) mass is 480 g/mol. The van der Waals surface area contributed by atoms with E-state index in [1.54, 1.807) is 0 Å². The molecule has 0 nitrogen and oxygen atoms in total. The molecule has 0 fully saturated rings. The summed E-state index contributed by atoms with van der Waals surface area (Å²) in [6.45, 7) is 4.18. The van der Waals surface area contributed by atoms with Crippen LogP contribution in [0.1, 0.15) is 54.0 Å². The van der Waals surface area contributed by atoms with E-state index in [9.17, 15) is 8.78 Å². The molecule has 4 rings (SSSR count). The summed E-state index contributed by atoms with van der Waals surface area (Å²) in [4.78, 5) is 0. The van der Waals surface area contributed by atoms with Crippen LogP contribution in [0.3, 0.4) is 0 Å². The Morgan fingerprint density at radius 2 is 1.22 bits per heavy atom. The van der Waals surface area contributed by atoms with Crippen LogP contribution in [0.25, 0.3) is 11.1 Å². The van der Waals surface area contributed by atoms with Crippen LogP contribution in [0.5, 0.6) is 0 Å². The van der Waals surface area contributed by atoms with Gasteiger partial charge in [0.05, 0.1) is 0 Å². The second-order valence-electron chi connectivity index (χ2n) is 9.56. The zero-order chi connectivity index (χ0) is 25.3. The molecular formula is C34H34F2. The normalized spacial score (nSPS) is 12.2. The summed E-state index contributed by atoms with van der Waals surface area (Å²) in [5.41, 5.74) is 7.09. The van der Waals surface area contributed by atoms with Crippen LogP contribution in [0.2, 0.25) is 0 Å². The highest BCUT2D eigenvalue weighted by Gasteiger charge is 2.11. The predicted octanol–water partition coefficient (Wildman–Crippen LogP) is 9.27. The molecule has 2 heteroatoms. The Kier molecular flexibility index (Phi) is 8.84. The smallest absolute Gasteiger partial charge is 0.129 e. The maximum Gasteiger partial charge on any atom is 0.129 e.